The zero-order chi connectivity index (χ0) is 21.1. The fourth-order valence-corrected chi connectivity index (χ4v) is 3.79. The van der Waals surface area contributed by atoms with Crippen molar-refractivity contribution in [2.24, 2.45) is 0 Å². The number of nitrogens with zero attached hydrogens (tertiary/aromatic N) is 2. The van der Waals surface area contributed by atoms with Gasteiger partial charge in [0, 0.05) is 32.4 Å². The number of benzene rings is 3. The first-order valence-electron chi connectivity index (χ1n) is 10.0. The summed E-state index contributed by atoms with van der Waals surface area (Å²) in [4.78, 5) is 17.3. The zero-order valence-corrected chi connectivity index (χ0v) is 17.6. The Morgan fingerprint density at radius 3 is 2.47 bits per heavy atom. The third-order valence-corrected chi connectivity index (χ3v) is 5.36. The second kappa shape index (κ2) is 8.49. The van der Waals surface area contributed by atoms with Crippen LogP contribution in [0, 0.1) is 0 Å². The summed E-state index contributed by atoms with van der Waals surface area (Å²) in [6, 6.07) is 21.7. The summed E-state index contributed by atoms with van der Waals surface area (Å²) >= 11 is 0. The molecule has 1 aliphatic rings. The van der Waals surface area contributed by atoms with Crippen molar-refractivity contribution in [3.05, 3.63) is 83.4 Å². The lowest BCUT2D eigenvalue weighted by Crippen LogP contribution is -2.30. The topological polar surface area (TPSA) is 42.0 Å². The Bertz CT molecular complexity index is 1050. The van der Waals surface area contributed by atoms with Gasteiger partial charge in [-0.3, -0.25) is 4.79 Å². The van der Waals surface area contributed by atoms with Crippen LogP contribution in [0.1, 0.15) is 21.5 Å². The van der Waals surface area contributed by atoms with Crippen molar-refractivity contribution < 1.29 is 14.3 Å². The Kier molecular flexibility index (Phi) is 5.61. The van der Waals surface area contributed by atoms with Gasteiger partial charge < -0.3 is 19.3 Å². The van der Waals surface area contributed by atoms with E-state index in [9.17, 15) is 4.79 Å². The molecule has 3 aromatic rings. The minimum Gasteiger partial charge on any atom is -0.493 e. The zero-order valence-electron chi connectivity index (χ0n) is 17.6. The molecule has 0 unspecified atom stereocenters. The van der Waals surface area contributed by atoms with E-state index in [2.05, 4.69) is 6.07 Å². The summed E-state index contributed by atoms with van der Waals surface area (Å²) in [5.74, 6) is 1.13. The Hall–Kier alpha value is -3.47. The lowest BCUT2D eigenvalue weighted by atomic mass is 10.1. The molecule has 5 heteroatoms. The maximum absolute atomic E-state index is 13.5. The molecule has 0 atom stereocenters. The van der Waals surface area contributed by atoms with Crippen molar-refractivity contribution in [3.63, 3.8) is 0 Å². The van der Waals surface area contributed by atoms with Crippen LogP contribution in [-0.2, 0) is 13.0 Å². The van der Waals surface area contributed by atoms with Gasteiger partial charge in [-0.25, -0.2) is 0 Å². The van der Waals surface area contributed by atoms with Gasteiger partial charge in [-0.15, -0.1) is 0 Å². The number of para-hydroxylation sites is 1. The average Bonchev–Trinajstić information content (AvgIpc) is 3.21. The fraction of sp³-hybridized carbons (Fsp3) is 0.240. The molecule has 1 amide bonds. The van der Waals surface area contributed by atoms with Crippen molar-refractivity contribution in [2.45, 2.75) is 13.0 Å². The highest BCUT2D eigenvalue weighted by Gasteiger charge is 2.28. The molecule has 5 nitrogen and oxygen atoms in total. The van der Waals surface area contributed by atoms with Crippen LogP contribution < -0.4 is 19.3 Å². The summed E-state index contributed by atoms with van der Waals surface area (Å²) < 4.78 is 11.6. The average molecular weight is 402 g/mol. The molecule has 4 rings (SSSR count). The number of hydrogen-bond acceptors (Lipinski definition) is 4. The molecule has 0 N–H and O–H groups in total. The minimum atomic E-state index is -0.0310. The van der Waals surface area contributed by atoms with Crippen LogP contribution in [0.15, 0.2) is 66.7 Å². The van der Waals surface area contributed by atoms with E-state index >= 15 is 0 Å². The summed E-state index contributed by atoms with van der Waals surface area (Å²) in [5, 5.41) is 0. The van der Waals surface area contributed by atoms with Crippen LogP contribution >= 0.6 is 0 Å². The van der Waals surface area contributed by atoms with Gasteiger partial charge in [0.1, 0.15) is 6.61 Å². The van der Waals surface area contributed by atoms with Crippen LogP contribution in [0.2, 0.25) is 0 Å². The predicted molar refractivity (Wildman–Crippen MR) is 120 cm³/mol. The van der Waals surface area contributed by atoms with E-state index in [0.717, 1.165) is 23.4 Å². The first-order valence-corrected chi connectivity index (χ1v) is 10.0. The largest absolute Gasteiger partial charge is 0.493 e. The van der Waals surface area contributed by atoms with Gasteiger partial charge in [-0.1, -0.05) is 48.5 Å². The number of anilines is 2. The third kappa shape index (κ3) is 3.83. The van der Waals surface area contributed by atoms with E-state index in [1.807, 2.05) is 78.5 Å². The van der Waals surface area contributed by atoms with Gasteiger partial charge in [-0.05, 0) is 29.7 Å². The van der Waals surface area contributed by atoms with Gasteiger partial charge in [0.15, 0.2) is 11.5 Å². The first kappa shape index (κ1) is 19.8. The SMILES string of the molecule is COc1cc(C(=O)N2CCc3ccccc32)c(N(C)C)cc1OCc1ccccc1. The van der Waals surface area contributed by atoms with Gasteiger partial charge >= 0.3 is 0 Å². The predicted octanol–water partition coefficient (Wildman–Crippen LogP) is 4.54. The summed E-state index contributed by atoms with van der Waals surface area (Å²) in [7, 11) is 5.45. The van der Waals surface area contributed by atoms with Crippen molar-refractivity contribution in [1.29, 1.82) is 0 Å². The Balaban J connectivity index is 1.67. The molecule has 154 valence electrons. The molecule has 1 aliphatic heterocycles. The van der Waals surface area contributed by atoms with Crippen LogP contribution in [0.4, 0.5) is 11.4 Å². The van der Waals surface area contributed by atoms with Gasteiger partial charge in [0.2, 0.25) is 0 Å². The number of carbonyl (C=O) groups excluding carboxylic acids is 1. The normalized spacial score (nSPS) is 12.4. The molecule has 0 aliphatic carbocycles. The molecule has 1 heterocycles. The molecule has 0 spiro atoms. The van der Waals surface area contributed by atoms with Crippen LogP contribution in [-0.4, -0.2) is 33.7 Å². The molecular weight excluding hydrogens is 376 g/mol. The minimum absolute atomic E-state index is 0.0310. The van der Waals surface area contributed by atoms with E-state index in [1.165, 1.54) is 5.56 Å². The van der Waals surface area contributed by atoms with Crippen LogP contribution in [0.5, 0.6) is 11.5 Å². The Labute approximate surface area is 177 Å². The second-order valence-electron chi connectivity index (χ2n) is 7.52. The molecule has 0 fully saturated rings. The highest BCUT2D eigenvalue weighted by atomic mass is 16.5. The maximum atomic E-state index is 13.5. The monoisotopic (exact) mass is 402 g/mol. The number of amides is 1. The van der Waals surface area contributed by atoms with E-state index in [0.29, 0.717) is 30.2 Å². The number of rotatable bonds is 6. The Morgan fingerprint density at radius 1 is 1.00 bits per heavy atom. The van der Waals surface area contributed by atoms with E-state index in [1.54, 1.807) is 13.2 Å². The van der Waals surface area contributed by atoms with Gasteiger partial charge in [0.25, 0.3) is 5.91 Å². The molecule has 0 saturated heterocycles. The third-order valence-electron chi connectivity index (χ3n) is 5.36. The second-order valence-corrected chi connectivity index (χ2v) is 7.52. The summed E-state index contributed by atoms with van der Waals surface area (Å²) in [6.07, 6.45) is 0.870. The van der Waals surface area contributed by atoms with E-state index in [-0.39, 0.29) is 5.91 Å². The lowest BCUT2D eigenvalue weighted by Gasteiger charge is -2.24. The molecular formula is C25H26N2O3. The van der Waals surface area contributed by atoms with E-state index < -0.39 is 0 Å². The molecule has 0 saturated carbocycles. The first-order chi connectivity index (χ1) is 14.6. The summed E-state index contributed by atoms with van der Waals surface area (Å²) in [5.41, 5.74) is 4.65. The quantitative estimate of drug-likeness (QED) is 0.607. The number of carbonyl (C=O) groups is 1. The number of ether oxygens (including phenoxy) is 2. The van der Waals surface area contributed by atoms with Crippen molar-refractivity contribution in [3.8, 4) is 11.5 Å². The molecule has 0 radical (unpaired) electrons. The lowest BCUT2D eigenvalue weighted by molar-refractivity contribution is 0.0989. The van der Waals surface area contributed by atoms with Crippen molar-refractivity contribution in [1.82, 2.24) is 0 Å². The fourth-order valence-electron chi connectivity index (χ4n) is 3.79. The van der Waals surface area contributed by atoms with Crippen molar-refractivity contribution >= 4 is 17.3 Å². The molecule has 0 bridgehead atoms. The van der Waals surface area contributed by atoms with E-state index in [4.69, 9.17) is 9.47 Å². The number of fused-ring (bicyclic) bond motifs is 1. The smallest absolute Gasteiger partial charge is 0.260 e. The van der Waals surface area contributed by atoms with Gasteiger partial charge in [0.05, 0.1) is 18.4 Å². The summed E-state index contributed by atoms with van der Waals surface area (Å²) in [6.45, 7) is 1.11. The number of methoxy groups -OCH3 is 1. The highest BCUT2D eigenvalue weighted by Crippen LogP contribution is 2.37. The molecule has 0 aromatic heterocycles. The highest BCUT2D eigenvalue weighted by molar-refractivity contribution is 6.11. The number of hydrogen-bond donors (Lipinski definition) is 0. The standard InChI is InChI=1S/C25H26N2O3/c1-26(2)22-16-24(30-17-18-9-5-4-6-10-18)23(29-3)15-20(22)25(28)27-14-13-19-11-7-8-12-21(19)27/h4-12,15-16H,13-14,17H2,1-3H3. The Morgan fingerprint density at radius 2 is 1.73 bits per heavy atom. The molecule has 3 aromatic carbocycles. The van der Waals surface area contributed by atoms with Gasteiger partial charge in [-0.2, -0.15) is 0 Å². The van der Waals surface area contributed by atoms with Crippen LogP contribution in [0.3, 0.4) is 0 Å². The van der Waals surface area contributed by atoms with Crippen molar-refractivity contribution in [2.75, 3.05) is 37.5 Å². The van der Waals surface area contributed by atoms with Crippen LogP contribution in [0.25, 0.3) is 0 Å². The molecule has 30 heavy (non-hydrogen) atoms. The maximum Gasteiger partial charge on any atom is 0.260 e.